The number of anilines is 1. The van der Waals surface area contributed by atoms with Crippen LogP contribution in [0.5, 0.6) is 0 Å². The van der Waals surface area contributed by atoms with E-state index >= 15 is 0 Å². The van der Waals surface area contributed by atoms with Gasteiger partial charge in [0.2, 0.25) is 18.2 Å². The van der Waals surface area contributed by atoms with Gasteiger partial charge in [-0.2, -0.15) is 0 Å². The first-order chi connectivity index (χ1) is 12.4. The first kappa shape index (κ1) is 18.2. The lowest BCUT2D eigenvalue weighted by molar-refractivity contribution is -0.139. The van der Waals surface area contributed by atoms with E-state index in [9.17, 15) is 24.0 Å². The second-order valence-corrected chi connectivity index (χ2v) is 7.60. The zero-order valence-electron chi connectivity index (χ0n) is 14.3. The van der Waals surface area contributed by atoms with Crippen molar-refractivity contribution in [2.75, 3.05) is 18.0 Å². The number of nitrogens with one attached hydrogen (secondary N) is 1. The van der Waals surface area contributed by atoms with Gasteiger partial charge < -0.3 is 4.90 Å². The van der Waals surface area contributed by atoms with Crippen LogP contribution in [0.2, 0.25) is 0 Å². The van der Waals surface area contributed by atoms with Crippen molar-refractivity contribution in [3.63, 3.8) is 0 Å². The van der Waals surface area contributed by atoms with Crippen LogP contribution in [0.15, 0.2) is 6.07 Å². The second-order valence-electron chi connectivity index (χ2n) is 6.36. The quantitative estimate of drug-likeness (QED) is 0.610. The Balaban J connectivity index is 1.80. The molecule has 0 aromatic carbocycles. The topological polar surface area (TPSA) is 104 Å². The highest BCUT2D eigenvalue weighted by atomic mass is 32.1. The van der Waals surface area contributed by atoms with Gasteiger partial charge in [-0.25, -0.2) is 0 Å². The molecule has 138 valence electrons. The standard InChI is InChI=1S/C17H19N3O5S/c1-10-12(8-15(26-10)19-6-4-11(22)5-7-19)17(25)20(9-21)13-2-3-14(23)18-16(13)24/h8-9,13H,2-7H2,1H3,(H,18,23,24). The number of hydrogen-bond donors (Lipinski definition) is 1. The number of carbonyl (C=O) groups excluding carboxylic acids is 5. The summed E-state index contributed by atoms with van der Waals surface area (Å²) < 4.78 is 0. The summed E-state index contributed by atoms with van der Waals surface area (Å²) in [6, 6.07) is 0.730. The fourth-order valence-electron chi connectivity index (χ4n) is 3.16. The number of amides is 4. The summed E-state index contributed by atoms with van der Waals surface area (Å²) in [5.74, 6) is -1.36. The first-order valence-electron chi connectivity index (χ1n) is 8.39. The van der Waals surface area contributed by atoms with Crippen molar-refractivity contribution in [3.05, 3.63) is 16.5 Å². The summed E-state index contributed by atoms with van der Waals surface area (Å²) in [6.45, 7) is 3.00. The molecule has 1 N–H and O–H groups in total. The second kappa shape index (κ2) is 7.36. The maximum atomic E-state index is 12.8. The van der Waals surface area contributed by atoms with E-state index in [-0.39, 0.29) is 18.6 Å². The number of ketones is 1. The summed E-state index contributed by atoms with van der Waals surface area (Å²) in [6.07, 6.45) is 1.52. The molecular formula is C17H19N3O5S. The van der Waals surface area contributed by atoms with Crippen LogP contribution >= 0.6 is 11.3 Å². The van der Waals surface area contributed by atoms with Gasteiger partial charge in [-0.3, -0.25) is 34.2 Å². The molecule has 2 aliphatic rings. The number of piperidine rings is 2. The Morgan fingerprint density at radius 3 is 2.58 bits per heavy atom. The van der Waals surface area contributed by atoms with Gasteiger partial charge >= 0.3 is 0 Å². The fraction of sp³-hybridized carbons (Fsp3) is 0.471. The van der Waals surface area contributed by atoms with Gasteiger partial charge in [0, 0.05) is 37.2 Å². The molecule has 2 fully saturated rings. The van der Waals surface area contributed by atoms with E-state index < -0.39 is 23.8 Å². The Hall–Kier alpha value is -2.55. The molecule has 1 unspecified atom stereocenters. The molecule has 8 nitrogen and oxygen atoms in total. The number of carbonyl (C=O) groups is 5. The molecule has 2 saturated heterocycles. The summed E-state index contributed by atoms with van der Waals surface area (Å²) in [4.78, 5) is 62.6. The van der Waals surface area contributed by atoms with Gasteiger partial charge in [0.05, 0.1) is 10.6 Å². The third-order valence-electron chi connectivity index (χ3n) is 4.66. The number of rotatable bonds is 4. The van der Waals surface area contributed by atoms with Crippen molar-refractivity contribution < 1.29 is 24.0 Å². The minimum Gasteiger partial charge on any atom is -0.363 e. The molecule has 3 rings (SSSR count). The molecule has 0 aliphatic carbocycles. The number of nitrogens with zero attached hydrogens (tertiary/aromatic N) is 2. The van der Waals surface area contributed by atoms with Crippen molar-refractivity contribution in [2.45, 2.75) is 38.6 Å². The predicted octanol–water partition coefficient (Wildman–Crippen LogP) is 0.630. The molecule has 1 aromatic rings. The smallest absolute Gasteiger partial charge is 0.262 e. The van der Waals surface area contributed by atoms with Crippen LogP contribution in [0.4, 0.5) is 5.00 Å². The van der Waals surface area contributed by atoms with Gasteiger partial charge in [0.15, 0.2) is 0 Å². The molecule has 4 amide bonds. The summed E-state index contributed by atoms with van der Waals surface area (Å²) in [5, 5.41) is 3.03. The van der Waals surface area contributed by atoms with Crippen molar-refractivity contribution in [3.8, 4) is 0 Å². The highest BCUT2D eigenvalue weighted by molar-refractivity contribution is 7.16. The first-order valence-corrected chi connectivity index (χ1v) is 9.21. The molecule has 1 atom stereocenters. The van der Waals surface area contributed by atoms with Crippen LogP contribution in [-0.4, -0.2) is 53.9 Å². The van der Waals surface area contributed by atoms with E-state index in [0.29, 0.717) is 37.9 Å². The fourth-order valence-corrected chi connectivity index (χ4v) is 4.22. The SMILES string of the molecule is Cc1sc(N2CCC(=O)CC2)cc1C(=O)N(C=O)C1CCC(=O)NC1=O. The normalized spacial score (nSPS) is 20.7. The van der Waals surface area contributed by atoms with E-state index in [2.05, 4.69) is 5.32 Å². The molecule has 3 heterocycles. The zero-order valence-corrected chi connectivity index (χ0v) is 15.1. The average molecular weight is 377 g/mol. The molecule has 2 aliphatic heterocycles. The maximum absolute atomic E-state index is 12.8. The molecule has 0 saturated carbocycles. The van der Waals surface area contributed by atoms with E-state index in [1.54, 1.807) is 13.0 Å². The summed E-state index contributed by atoms with van der Waals surface area (Å²) >= 11 is 1.42. The lowest BCUT2D eigenvalue weighted by atomic mass is 10.0. The predicted molar refractivity (Wildman–Crippen MR) is 93.9 cm³/mol. The number of hydrogen-bond acceptors (Lipinski definition) is 7. The zero-order chi connectivity index (χ0) is 18.8. The number of Topliss-reactive ketones (excluding diaryl/α,β-unsaturated/α-hetero) is 1. The highest BCUT2D eigenvalue weighted by Crippen LogP contribution is 2.32. The molecule has 9 heteroatoms. The summed E-state index contributed by atoms with van der Waals surface area (Å²) in [7, 11) is 0. The van der Waals surface area contributed by atoms with Crippen molar-refractivity contribution in [2.24, 2.45) is 0 Å². The minimum absolute atomic E-state index is 0.0870. The highest BCUT2D eigenvalue weighted by Gasteiger charge is 2.35. The van der Waals surface area contributed by atoms with Gasteiger partial charge in [-0.15, -0.1) is 11.3 Å². The van der Waals surface area contributed by atoms with Gasteiger partial charge in [0.25, 0.3) is 5.91 Å². The van der Waals surface area contributed by atoms with E-state index in [0.717, 1.165) is 14.8 Å². The summed E-state index contributed by atoms with van der Waals surface area (Å²) in [5.41, 5.74) is 0.360. The molecule has 0 radical (unpaired) electrons. The monoisotopic (exact) mass is 377 g/mol. The van der Waals surface area contributed by atoms with E-state index in [4.69, 9.17) is 0 Å². The molecular weight excluding hydrogens is 358 g/mol. The molecule has 0 spiro atoms. The van der Waals surface area contributed by atoms with Crippen LogP contribution in [0, 0.1) is 6.92 Å². The Kier molecular flexibility index (Phi) is 5.17. The van der Waals surface area contributed by atoms with Crippen LogP contribution in [0.3, 0.4) is 0 Å². The van der Waals surface area contributed by atoms with E-state index in [1.165, 1.54) is 11.3 Å². The Morgan fingerprint density at radius 2 is 1.96 bits per heavy atom. The van der Waals surface area contributed by atoms with E-state index in [1.807, 2.05) is 4.90 Å². The minimum atomic E-state index is -0.979. The maximum Gasteiger partial charge on any atom is 0.262 e. The number of thiophene rings is 1. The molecule has 0 bridgehead atoms. The van der Waals surface area contributed by atoms with Crippen molar-refractivity contribution in [1.82, 2.24) is 10.2 Å². The van der Waals surface area contributed by atoms with Crippen LogP contribution in [0.1, 0.15) is 40.9 Å². The third kappa shape index (κ3) is 3.52. The Morgan fingerprint density at radius 1 is 1.27 bits per heavy atom. The van der Waals surface area contributed by atoms with Crippen LogP contribution < -0.4 is 10.2 Å². The van der Waals surface area contributed by atoms with Crippen molar-refractivity contribution in [1.29, 1.82) is 0 Å². The number of aryl methyl sites for hydroxylation is 1. The molecule has 1 aromatic heterocycles. The Labute approximate surface area is 154 Å². The van der Waals surface area contributed by atoms with Crippen LogP contribution in [-0.2, 0) is 19.2 Å². The lowest BCUT2D eigenvalue weighted by Gasteiger charge is -2.28. The van der Waals surface area contributed by atoms with Crippen molar-refractivity contribution >= 4 is 46.3 Å². The third-order valence-corrected chi connectivity index (χ3v) is 5.77. The lowest BCUT2D eigenvalue weighted by Crippen LogP contribution is -2.53. The Bertz CT molecular complexity index is 777. The molecule has 26 heavy (non-hydrogen) atoms. The number of imide groups is 2. The average Bonchev–Trinajstić information content (AvgIpc) is 2.99. The van der Waals surface area contributed by atoms with Gasteiger partial charge in [-0.05, 0) is 19.4 Å². The largest absolute Gasteiger partial charge is 0.363 e. The van der Waals surface area contributed by atoms with Crippen LogP contribution in [0.25, 0.3) is 0 Å². The van der Waals surface area contributed by atoms with Gasteiger partial charge in [0.1, 0.15) is 11.8 Å². The van der Waals surface area contributed by atoms with Gasteiger partial charge in [-0.1, -0.05) is 0 Å².